The molecule has 1 N–H and O–H groups in total. The molecular formula is C21H18ClF2N5O2. The first-order valence-corrected chi connectivity index (χ1v) is 9.71. The van der Waals surface area contributed by atoms with Crippen molar-refractivity contribution in [3.63, 3.8) is 0 Å². The number of likely N-dealkylation sites (N-methyl/N-ethyl adjacent to an activating group) is 1. The summed E-state index contributed by atoms with van der Waals surface area (Å²) in [4.78, 5) is 10.5. The third-order valence-electron chi connectivity index (χ3n) is 4.38. The number of nitrogens with zero attached hydrogens (tertiary/aromatic N) is 4. The topological polar surface area (TPSA) is 76.2 Å². The molecule has 0 aliphatic rings. The van der Waals surface area contributed by atoms with Gasteiger partial charge in [0.25, 0.3) is 0 Å². The van der Waals surface area contributed by atoms with Crippen LogP contribution in [0.3, 0.4) is 0 Å². The van der Waals surface area contributed by atoms with Crippen molar-refractivity contribution in [1.82, 2.24) is 25.1 Å². The fourth-order valence-corrected chi connectivity index (χ4v) is 3.09. The fourth-order valence-electron chi connectivity index (χ4n) is 2.86. The summed E-state index contributed by atoms with van der Waals surface area (Å²) in [6.07, 6.45) is 0. The normalized spacial score (nSPS) is 11.3. The second-order valence-electron chi connectivity index (χ2n) is 6.92. The number of fused-ring (bicyclic) bond motifs is 1. The molecule has 4 rings (SSSR count). The molecule has 0 unspecified atom stereocenters. The first-order chi connectivity index (χ1) is 14.9. The Balaban J connectivity index is 1.78. The second kappa shape index (κ2) is 8.83. The van der Waals surface area contributed by atoms with Gasteiger partial charge in [0.1, 0.15) is 17.8 Å². The highest BCUT2D eigenvalue weighted by atomic mass is 35.5. The minimum absolute atomic E-state index is 0.185. The number of aromatic amines is 1. The Morgan fingerprint density at radius 3 is 2.65 bits per heavy atom. The number of aromatic nitrogens is 4. The number of rotatable bonds is 7. The van der Waals surface area contributed by atoms with Crippen LogP contribution in [0.15, 0.2) is 42.5 Å². The Kier molecular flexibility index (Phi) is 5.97. The third-order valence-corrected chi connectivity index (χ3v) is 4.71. The van der Waals surface area contributed by atoms with Crippen LogP contribution in [0.1, 0.15) is 0 Å². The lowest BCUT2D eigenvalue weighted by molar-refractivity contribution is 0.253. The minimum Gasteiger partial charge on any atom is -0.476 e. The zero-order chi connectivity index (χ0) is 22.0. The number of halogens is 3. The maximum absolute atomic E-state index is 14.0. The molecule has 7 nitrogen and oxygen atoms in total. The molecule has 10 heteroatoms. The number of hydrogen-bond donors (Lipinski definition) is 1. The molecular weight excluding hydrogens is 428 g/mol. The highest BCUT2D eigenvalue weighted by Gasteiger charge is 2.20. The zero-order valence-electron chi connectivity index (χ0n) is 16.7. The van der Waals surface area contributed by atoms with Crippen molar-refractivity contribution in [3.05, 3.63) is 59.1 Å². The van der Waals surface area contributed by atoms with Gasteiger partial charge in [-0.25, -0.2) is 8.78 Å². The van der Waals surface area contributed by atoms with Crippen LogP contribution < -0.4 is 9.47 Å². The average molecular weight is 446 g/mol. The van der Waals surface area contributed by atoms with Crippen LogP contribution in [0, 0.1) is 11.6 Å². The average Bonchev–Trinajstić information content (AvgIpc) is 3.14. The molecule has 2 aromatic carbocycles. The third kappa shape index (κ3) is 4.57. The van der Waals surface area contributed by atoms with Gasteiger partial charge in [0.2, 0.25) is 5.88 Å². The number of nitrogens with one attached hydrogen (secondary N) is 1. The Morgan fingerprint density at radius 1 is 1.10 bits per heavy atom. The van der Waals surface area contributed by atoms with Crippen LogP contribution in [0.5, 0.6) is 17.6 Å². The Bertz CT molecular complexity index is 1230. The smallest absolute Gasteiger partial charge is 0.327 e. The van der Waals surface area contributed by atoms with Crippen molar-refractivity contribution in [2.24, 2.45) is 0 Å². The van der Waals surface area contributed by atoms with E-state index in [0.29, 0.717) is 40.9 Å². The van der Waals surface area contributed by atoms with Gasteiger partial charge < -0.3 is 14.4 Å². The molecule has 2 aromatic heterocycles. The zero-order valence-corrected chi connectivity index (χ0v) is 17.5. The van der Waals surface area contributed by atoms with Gasteiger partial charge in [-0.3, -0.25) is 5.10 Å². The summed E-state index contributed by atoms with van der Waals surface area (Å²) >= 11 is 6.35. The molecule has 0 aliphatic carbocycles. The minimum atomic E-state index is -0.877. The highest BCUT2D eigenvalue weighted by Crippen LogP contribution is 2.36. The molecule has 160 valence electrons. The molecule has 0 saturated carbocycles. The molecule has 0 saturated heterocycles. The first kappa shape index (κ1) is 21.0. The van der Waals surface area contributed by atoms with Crippen molar-refractivity contribution in [1.29, 1.82) is 0 Å². The molecule has 0 bridgehead atoms. The molecule has 0 amide bonds. The number of hydrogen-bond acceptors (Lipinski definition) is 6. The monoisotopic (exact) mass is 445 g/mol. The van der Waals surface area contributed by atoms with E-state index in [1.807, 2.05) is 37.2 Å². The predicted octanol–water partition coefficient (Wildman–Crippen LogP) is 4.68. The summed E-state index contributed by atoms with van der Waals surface area (Å²) in [6.45, 7) is 0.962. The van der Waals surface area contributed by atoms with Crippen LogP contribution in [0.25, 0.3) is 22.3 Å². The van der Waals surface area contributed by atoms with E-state index in [0.717, 1.165) is 12.1 Å². The molecule has 0 fully saturated rings. The van der Waals surface area contributed by atoms with Gasteiger partial charge >= 0.3 is 6.01 Å². The van der Waals surface area contributed by atoms with E-state index < -0.39 is 11.6 Å². The molecule has 0 atom stereocenters. The van der Waals surface area contributed by atoms with Crippen LogP contribution in [0.2, 0.25) is 5.02 Å². The molecule has 0 aliphatic heterocycles. The fraction of sp³-hybridized carbons (Fsp3) is 0.190. The van der Waals surface area contributed by atoms with E-state index in [2.05, 4.69) is 20.2 Å². The van der Waals surface area contributed by atoms with Crippen LogP contribution in [-0.4, -0.2) is 52.3 Å². The van der Waals surface area contributed by atoms with Gasteiger partial charge in [0.15, 0.2) is 17.2 Å². The lowest BCUT2D eigenvalue weighted by Crippen LogP contribution is -2.19. The van der Waals surface area contributed by atoms with Gasteiger partial charge in [-0.05, 0) is 32.3 Å². The van der Waals surface area contributed by atoms with Crippen molar-refractivity contribution < 1.29 is 18.3 Å². The first-order valence-electron chi connectivity index (χ1n) is 9.34. The van der Waals surface area contributed by atoms with Crippen molar-refractivity contribution >= 4 is 22.6 Å². The van der Waals surface area contributed by atoms with E-state index in [9.17, 15) is 8.78 Å². The van der Waals surface area contributed by atoms with E-state index >= 15 is 0 Å². The number of H-pyrrole nitrogens is 1. The van der Waals surface area contributed by atoms with Crippen LogP contribution >= 0.6 is 11.6 Å². The maximum Gasteiger partial charge on any atom is 0.327 e. The van der Waals surface area contributed by atoms with Gasteiger partial charge in [-0.15, -0.1) is 0 Å². The second-order valence-corrected chi connectivity index (χ2v) is 7.32. The SMILES string of the molecule is CN(C)CCOc1nc(Oc2ccc(F)cc2F)nc2n[nH]c(-c3ccccc3Cl)c12. The van der Waals surface area contributed by atoms with Crippen molar-refractivity contribution in [3.8, 4) is 28.9 Å². The quantitative estimate of drug-likeness (QED) is 0.445. The molecule has 0 radical (unpaired) electrons. The van der Waals surface area contributed by atoms with Crippen molar-refractivity contribution in [2.75, 3.05) is 27.2 Å². The van der Waals surface area contributed by atoms with Gasteiger partial charge in [0, 0.05) is 23.2 Å². The van der Waals surface area contributed by atoms with E-state index in [4.69, 9.17) is 21.1 Å². The predicted molar refractivity (Wildman–Crippen MR) is 113 cm³/mol. The molecule has 2 heterocycles. The van der Waals surface area contributed by atoms with Gasteiger partial charge in [-0.1, -0.05) is 29.8 Å². The summed E-state index contributed by atoms with van der Waals surface area (Å²) in [6, 6.07) is 10.0. The summed E-state index contributed by atoms with van der Waals surface area (Å²) in [5, 5.41) is 8.16. The number of benzene rings is 2. The van der Waals surface area contributed by atoms with E-state index in [-0.39, 0.29) is 23.3 Å². The summed E-state index contributed by atoms with van der Waals surface area (Å²) in [5.41, 5.74) is 1.54. The van der Waals surface area contributed by atoms with E-state index in [1.54, 1.807) is 6.07 Å². The lowest BCUT2D eigenvalue weighted by Gasteiger charge is -2.12. The maximum atomic E-state index is 14.0. The molecule has 31 heavy (non-hydrogen) atoms. The summed E-state index contributed by atoms with van der Waals surface area (Å²) in [7, 11) is 3.83. The Hall–Kier alpha value is -3.30. The van der Waals surface area contributed by atoms with Crippen LogP contribution in [0.4, 0.5) is 8.78 Å². The largest absolute Gasteiger partial charge is 0.476 e. The highest BCUT2D eigenvalue weighted by molar-refractivity contribution is 6.33. The lowest BCUT2D eigenvalue weighted by atomic mass is 10.1. The standard InChI is InChI=1S/C21H18ClF2N5O2/c1-29(2)9-10-30-20-17-18(13-5-3-4-6-14(13)22)27-28-19(17)25-21(26-20)31-16-8-7-12(23)11-15(16)24/h3-8,11H,9-10H2,1-2H3,(H,25,26,27,28). The van der Waals surface area contributed by atoms with Crippen LogP contribution in [-0.2, 0) is 0 Å². The Morgan fingerprint density at radius 2 is 1.90 bits per heavy atom. The molecule has 4 aromatic rings. The van der Waals surface area contributed by atoms with Crippen molar-refractivity contribution in [2.45, 2.75) is 0 Å². The summed E-state index contributed by atoms with van der Waals surface area (Å²) < 4.78 is 38.5. The summed E-state index contributed by atoms with van der Waals surface area (Å²) in [5.74, 6) is -1.61. The number of ether oxygens (including phenoxy) is 2. The van der Waals surface area contributed by atoms with Gasteiger partial charge in [0.05, 0.1) is 5.69 Å². The van der Waals surface area contributed by atoms with E-state index in [1.165, 1.54) is 0 Å². The Labute approximate surface area is 181 Å². The molecule has 0 spiro atoms. The van der Waals surface area contributed by atoms with Gasteiger partial charge in [-0.2, -0.15) is 15.1 Å².